The van der Waals surface area contributed by atoms with E-state index in [0.717, 1.165) is 38.9 Å². The van der Waals surface area contributed by atoms with E-state index in [1.807, 2.05) is 25.7 Å². The Labute approximate surface area is 176 Å². The van der Waals surface area contributed by atoms with Crippen molar-refractivity contribution in [3.8, 4) is 0 Å². The largest absolute Gasteiger partial charge is 0.444 e. The second-order valence-electron chi connectivity index (χ2n) is 9.86. The zero-order valence-corrected chi connectivity index (χ0v) is 18.8. The summed E-state index contributed by atoms with van der Waals surface area (Å²) < 4.78 is 5.51. The van der Waals surface area contributed by atoms with Gasteiger partial charge in [0.05, 0.1) is 0 Å². The Hall–Kier alpha value is -1.81. The number of likely N-dealkylation sites (tertiary alicyclic amines) is 1. The number of carbonyl (C=O) groups is 1. The number of carbonyl (C=O) groups excluding carboxylic acids is 1. The van der Waals surface area contributed by atoms with Gasteiger partial charge in [-0.05, 0) is 77.3 Å². The van der Waals surface area contributed by atoms with Crippen molar-refractivity contribution in [1.29, 1.82) is 0 Å². The van der Waals surface area contributed by atoms with Gasteiger partial charge in [-0.1, -0.05) is 48.9 Å². The normalized spacial score (nSPS) is 25.8. The van der Waals surface area contributed by atoms with Crippen LogP contribution in [0.3, 0.4) is 0 Å². The Morgan fingerprint density at radius 2 is 1.90 bits per heavy atom. The van der Waals surface area contributed by atoms with Gasteiger partial charge >= 0.3 is 6.09 Å². The maximum Gasteiger partial charge on any atom is 0.410 e. The maximum atomic E-state index is 12.2. The highest BCUT2D eigenvalue weighted by atomic mass is 16.6. The van der Waals surface area contributed by atoms with E-state index in [2.05, 4.69) is 55.6 Å². The number of nitrogens with one attached hydrogen (secondary N) is 1. The lowest BCUT2D eigenvalue weighted by molar-refractivity contribution is 0.0182. The number of hydrogen-bond acceptors (Lipinski definition) is 3. The fourth-order valence-electron chi connectivity index (χ4n) is 4.52. The van der Waals surface area contributed by atoms with Crippen LogP contribution in [0.15, 0.2) is 35.9 Å². The summed E-state index contributed by atoms with van der Waals surface area (Å²) in [6.45, 7) is 13.0. The second kappa shape index (κ2) is 8.91. The lowest BCUT2D eigenvalue weighted by Gasteiger charge is -2.34. The first-order valence-electron chi connectivity index (χ1n) is 11.2. The average Bonchev–Trinajstić information content (AvgIpc) is 3.42. The first kappa shape index (κ1) is 21.9. The van der Waals surface area contributed by atoms with E-state index in [-0.39, 0.29) is 11.6 Å². The molecule has 1 heterocycles. The fourth-order valence-corrected chi connectivity index (χ4v) is 4.52. The quantitative estimate of drug-likeness (QED) is 0.688. The highest BCUT2D eigenvalue weighted by molar-refractivity contribution is 5.68. The van der Waals surface area contributed by atoms with Crippen LogP contribution >= 0.6 is 0 Å². The topological polar surface area (TPSA) is 41.6 Å². The summed E-state index contributed by atoms with van der Waals surface area (Å²) in [5, 5.41) is 3.91. The highest BCUT2D eigenvalue weighted by Gasteiger charge is 2.52. The Bertz CT molecular complexity index is 714. The van der Waals surface area contributed by atoms with Crippen molar-refractivity contribution < 1.29 is 9.53 Å². The molecule has 3 rings (SSSR count). The number of piperidine rings is 1. The summed E-state index contributed by atoms with van der Waals surface area (Å²) in [5.41, 5.74) is 2.61. The van der Waals surface area contributed by atoms with Gasteiger partial charge in [0.25, 0.3) is 0 Å². The molecule has 4 heteroatoms. The third-order valence-corrected chi connectivity index (χ3v) is 6.46. The first-order chi connectivity index (χ1) is 13.7. The third-order valence-electron chi connectivity index (χ3n) is 6.46. The molecule has 2 aliphatic rings. The van der Waals surface area contributed by atoms with E-state index in [4.69, 9.17) is 4.74 Å². The van der Waals surface area contributed by atoms with Gasteiger partial charge in [0.1, 0.15) is 5.60 Å². The maximum absolute atomic E-state index is 12.2. The minimum absolute atomic E-state index is 0.169. The molecule has 160 valence electrons. The van der Waals surface area contributed by atoms with Gasteiger partial charge in [0, 0.05) is 18.6 Å². The Kier molecular flexibility index (Phi) is 6.72. The minimum atomic E-state index is -0.422. The van der Waals surface area contributed by atoms with Gasteiger partial charge in [-0.25, -0.2) is 4.79 Å². The average molecular weight is 399 g/mol. The predicted molar refractivity (Wildman–Crippen MR) is 120 cm³/mol. The van der Waals surface area contributed by atoms with E-state index in [1.54, 1.807) is 0 Å². The van der Waals surface area contributed by atoms with Gasteiger partial charge in [0.2, 0.25) is 0 Å². The standard InChI is InChI=1S/C25H38N2O2/c1-6-25(17-22(25)19(2)16-20-10-8-7-9-11-20)26-18-21-12-14-27(15-13-21)23(28)29-24(3,4)5/h7-11,16,21-22,26H,6,12-15,17-18H2,1-5H3/b19-16+. The predicted octanol–water partition coefficient (Wildman–Crippen LogP) is 5.50. The third kappa shape index (κ3) is 5.85. The van der Waals surface area contributed by atoms with Crippen LogP contribution in [0.5, 0.6) is 0 Å². The van der Waals surface area contributed by atoms with E-state index in [1.165, 1.54) is 17.6 Å². The zero-order valence-electron chi connectivity index (χ0n) is 18.8. The SMILES string of the molecule is CCC1(NCC2CCN(C(=O)OC(C)(C)C)CC2)CC1/C(C)=C/c1ccccc1. The molecule has 0 aromatic heterocycles. The highest BCUT2D eigenvalue weighted by Crippen LogP contribution is 2.51. The molecule has 1 saturated carbocycles. The number of ether oxygens (including phenoxy) is 1. The van der Waals surface area contributed by atoms with Gasteiger partial charge in [0.15, 0.2) is 0 Å². The molecule has 2 unspecified atom stereocenters. The van der Waals surface area contributed by atoms with Crippen molar-refractivity contribution in [2.24, 2.45) is 11.8 Å². The van der Waals surface area contributed by atoms with Crippen LogP contribution in [0.1, 0.15) is 65.9 Å². The van der Waals surface area contributed by atoms with Gasteiger partial charge < -0.3 is 15.0 Å². The van der Waals surface area contributed by atoms with Crippen molar-refractivity contribution in [2.75, 3.05) is 19.6 Å². The smallest absolute Gasteiger partial charge is 0.410 e. The number of rotatable bonds is 6. The lowest BCUT2D eigenvalue weighted by atomic mass is 9.95. The fraction of sp³-hybridized carbons (Fsp3) is 0.640. The molecule has 2 atom stereocenters. The Morgan fingerprint density at radius 1 is 1.24 bits per heavy atom. The van der Waals surface area contributed by atoms with Crippen molar-refractivity contribution in [3.05, 3.63) is 41.5 Å². The van der Waals surface area contributed by atoms with Gasteiger partial charge in [-0.2, -0.15) is 0 Å². The second-order valence-corrected chi connectivity index (χ2v) is 9.86. The molecule has 1 aromatic rings. The number of hydrogen-bond donors (Lipinski definition) is 1. The van der Waals surface area contributed by atoms with Crippen LogP contribution in [0.25, 0.3) is 6.08 Å². The molecule has 1 aliphatic heterocycles. The Morgan fingerprint density at radius 3 is 2.48 bits per heavy atom. The Balaban J connectivity index is 1.47. The number of benzene rings is 1. The minimum Gasteiger partial charge on any atom is -0.444 e. The first-order valence-corrected chi connectivity index (χ1v) is 11.2. The number of nitrogens with zero attached hydrogens (tertiary/aromatic N) is 1. The van der Waals surface area contributed by atoms with E-state index < -0.39 is 5.60 Å². The monoisotopic (exact) mass is 398 g/mol. The molecule has 0 spiro atoms. The molecular weight excluding hydrogens is 360 g/mol. The molecule has 2 fully saturated rings. The molecule has 1 aliphatic carbocycles. The molecule has 0 radical (unpaired) electrons. The van der Waals surface area contributed by atoms with Crippen molar-refractivity contribution >= 4 is 12.2 Å². The van der Waals surface area contributed by atoms with Crippen LogP contribution in [0.2, 0.25) is 0 Å². The summed E-state index contributed by atoms with van der Waals surface area (Å²) in [6.07, 6.45) is 6.66. The number of amides is 1. The van der Waals surface area contributed by atoms with Crippen LogP contribution < -0.4 is 5.32 Å². The summed E-state index contributed by atoms with van der Waals surface area (Å²) in [4.78, 5) is 14.1. The molecular formula is C25H38N2O2. The van der Waals surface area contributed by atoms with E-state index >= 15 is 0 Å². The van der Waals surface area contributed by atoms with Crippen LogP contribution in [-0.4, -0.2) is 41.8 Å². The zero-order chi connectivity index (χ0) is 21.1. The molecule has 1 amide bonds. The van der Waals surface area contributed by atoms with E-state index in [0.29, 0.717) is 11.8 Å². The summed E-state index contributed by atoms with van der Waals surface area (Å²) >= 11 is 0. The lowest BCUT2D eigenvalue weighted by Crippen LogP contribution is -2.44. The van der Waals surface area contributed by atoms with Crippen LogP contribution in [0, 0.1) is 11.8 Å². The van der Waals surface area contributed by atoms with Crippen molar-refractivity contribution in [2.45, 2.75) is 71.4 Å². The van der Waals surface area contributed by atoms with Gasteiger partial charge in [-0.3, -0.25) is 0 Å². The molecule has 4 nitrogen and oxygen atoms in total. The molecule has 0 bridgehead atoms. The molecule has 1 N–H and O–H groups in total. The van der Waals surface area contributed by atoms with Crippen LogP contribution in [-0.2, 0) is 4.74 Å². The van der Waals surface area contributed by atoms with Crippen molar-refractivity contribution in [3.63, 3.8) is 0 Å². The molecule has 1 saturated heterocycles. The molecule has 1 aromatic carbocycles. The summed E-state index contributed by atoms with van der Waals surface area (Å²) in [7, 11) is 0. The summed E-state index contributed by atoms with van der Waals surface area (Å²) in [6, 6.07) is 10.6. The van der Waals surface area contributed by atoms with Gasteiger partial charge in [-0.15, -0.1) is 0 Å². The summed E-state index contributed by atoms with van der Waals surface area (Å²) in [5.74, 6) is 1.27. The molecule has 29 heavy (non-hydrogen) atoms. The van der Waals surface area contributed by atoms with E-state index in [9.17, 15) is 4.79 Å². The van der Waals surface area contributed by atoms with Crippen LogP contribution in [0.4, 0.5) is 4.79 Å². The van der Waals surface area contributed by atoms with Crippen molar-refractivity contribution in [1.82, 2.24) is 10.2 Å².